The van der Waals surface area contributed by atoms with Crippen LogP contribution in [0.5, 0.6) is 0 Å². The van der Waals surface area contributed by atoms with E-state index in [2.05, 4.69) is 4.72 Å². The predicted molar refractivity (Wildman–Crippen MR) is 82.5 cm³/mol. The molecule has 0 spiro atoms. The number of hydrogen-bond donors (Lipinski definition) is 2. The van der Waals surface area contributed by atoms with Gasteiger partial charge in [0, 0.05) is 6.42 Å². The normalized spacial score (nSPS) is 20.4. The zero-order valence-corrected chi connectivity index (χ0v) is 13.4. The summed E-state index contributed by atoms with van der Waals surface area (Å²) in [4.78, 5) is 11.9. The van der Waals surface area contributed by atoms with Crippen LogP contribution in [0.1, 0.15) is 30.2 Å². The topological polar surface area (TPSA) is 96.6 Å². The van der Waals surface area contributed by atoms with Crippen LogP contribution in [0.25, 0.3) is 0 Å². The van der Waals surface area contributed by atoms with Crippen LogP contribution in [0.15, 0.2) is 45.9 Å². The quantitative estimate of drug-likeness (QED) is 0.871. The van der Waals surface area contributed by atoms with Crippen LogP contribution in [0.4, 0.5) is 0 Å². The van der Waals surface area contributed by atoms with Crippen LogP contribution in [-0.4, -0.2) is 19.5 Å². The Kier molecular flexibility index (Phi) is 3.77. The number of carbonyl (C=O) groups is 1. The number of fused-ring (bicyclic) bond motifs is 1. The van der Waals surface area contributed by atoms with Crippen molar-refractivity contribution in [1.82, 2.24) is 4.72 Å². The molecule has 1 atom stereocenters. The molecule has 7 heteroatoms. The molecular weight excluding hydrogens is 318 g/mol. The van der Waals surface area contributed by atoms with Gasteiger partial charge in [0.2, 0.25) is 5.09 Å². The maximum Gasteiger partial charge on any atom is 0.329 e. The van der Waals surface area contributed by atoms with Crippen molar-refractivity contribution < 1.29 is 22.7 Å². The monoisotopic (exact) mass is 335 g/mol. The van der Waals surface area contributed by atoms with Gasteiger partial charge in [-0.15, -0.1) is 0 Å². The third-order valence-electron chi connectivity index (χ3n) is 4.17. The van der Waals surface area contributed by atoms with E-state index < -0.39 is 21.5 Å². The highest BCUT2D eigenvalue weighted by molar-refractivity contribution is 7.89. The van der Waals surface area contributed by atoms with E-state index in [0.717, 1.165) is 5.56 Å². The van der Waals surface area contributed by atoms with E-state index in [1.165, 1.54) is 6.07 Å². The second-order valence-corrected chi connectivity index (χ2v) is 7.16. The van der Waals surface area contributed by atoms with Gasteiger partial charge in [-0.25, -0.2) is 13.2 Å². The Balaban J connectivity index is 2.03. The number of carboxylic acid groups (broad SMARTS) is 1. The lowest BCUT2D eigenvalue weighted by molar-refractivity contribution is -0.144. The molecule has 2 N–H and O–H groups in total. The molecule has 0 radical (unpaired) electrons. The zero-order chi connectivity index (χ0) is 16.7. The molecule has 0 saturated heterocycles. The number of sulfonamides is 1. The minimum Gasteiger partial charge on any atom is -0.480 e. The van der Waals surface area contributed by atoms with E-state index in [4.69, 9.17) is 4.42 Å². The first-order valence-corrected chi connectivity index (χ1v) is 8.82. The molecule has 0 amide bonds. The fourth-order valence-corrected chi connectivity index (χ4v) is 4.28. The number of carboxylic acids is 1. The van der Waals surface area contributed by atoms with Gasteiger partial charge in [0.15, 0.2) is 5.54 Å². The minimum atomic E-state index is -4.08. The standard InChI is InChI=1S/C16H17NO5S/c1-2-12-7-8-14(22-12)23(20,21)17-16(15(18)19)10-9-11-5-3-4-6-13(11)16/h3-8,17H,2,9-10H2,1H3,(H,18,19). The van der Waals surface area contributed by atoms with Crippen LogP contribution < -0.4 is 4.72 Å². The fourth-order valence-electron chi connectivity index (χ4n) is 2.96. The maximum atomic E-state index is 12.6. The van der Waals surface area contributed by atoms with Crippen molar-refractivity contribution in [1.29, 1.82) is 0 Å². The second-order valence-electron chi connectivity index (χ2n) is 5.55. The van der Waals surface area contributed by atoms with Gasteiger partial charge in [0.25, 0.3) is 10.0 Å². The Morgan fingerprint density at radius 2 is 2.04 bits per heavy atom. The maximum absolute atomic E-state index is 12.6. The number of aryl methyl sites for hydroxylation is 2. The van der Waals surface area contributed by atoms with Crippen LogP contribution >= 0.6 is 0 Å². The first-order valence-electron chi connectivity index (χ1n) is 7.33. The molecule has 1 aromatic carbocycles. The first kappa shape index (κ1) is 15.8. The van der Waals surface area contributed by atoms with Gasteiger partial charge in [0.1, 0.15) is 5.76 Å². The smallest absolute Gasteiger partial charge is 0.329 e. The molecule has 23 heavy (non-hydrogen) atoms. The zero-order valence-electron chi connectivity index (χ0n) is 12.6. The number of rotatable bonds is 5. The number of hydrogen-bond acceptors (Lipinski definition) is 4. The predicted octanol–water partition coefficient (Wildman–Crippen LogP) is 2.05. The lowest BCUT2D eigenvalue weighted by Crippen LogP contribution is -2.50. The van der Waals surface area contributed by atoms with Crippen molar-refractivity contribution in [3.63, 3.8) is 0 Å². The summed E-state index contributed by atoms with van der Waals surface area (Å²) in [5.41, 5.74) is -0.334. The lowest BCUT2D eigenvalue weighted by atomic mass is 9.93. The highest BCUT2D eigenvalue weighted by atomic mass is 32.2. The average molecular weight is 335 g/mol. The van der Waals surface area contributed by atoms with Crippen molar-refractivity contribution in [3.05, 3.63) is 53.3 Å². The Labute approximate surface area is 134 Å². The average Bonchev–Trinajstić information content (AvgIpc) is 3.13. The van der Waals surface area contributed by atoms with Gasteiger partial charge >= 0.3 is 5.97 Å². The summed E-state index contributed by atoms with van der Waals surface area (Å²) in [6, 6.07) is 9.90. The van der Waals surface area contributed by atoms with E-state index in [1.807, 2.05) is 19.1 Å². The molecule has 1 unspecified atom stereocenters. The van der Waals surface area contributed by atoms with E-state index in [1.54, 1.807) is 18.2 Å². The molecule has 0 aliphatic heterocycles. The van der Waals surface area contributed by atoms with Crippen LogP contribution in [0.2, 0.25) is 0 Å². The number of furan rings is 1. The number of nitrogens with one attached hydrogen (secondary N) is 1. The van der Waals surface area contributed by atoms with E-state index in [9.17, 15) is 18.3 Å². The summed E-state index contributed by atoms with van der Waals surface area (Å²) < 4.78 is 32.8. The molecule has 6 nitrogen and oxygen atoms in total. The summed E-state index contributed by atoms with van der Waals surface area (Å²) >= 11 is 0. The Morgan fingerprint density at radius 3 is 2.70 bits per heavy atom. The molecule has 0 fully saturated rings. The molecule has 1 aliphatic carbocycles. The van der Waals surface area contributed by atoms with Crippen LogP contribution in [-0.2, 0) is 33.2 Å². The fraction of sp³-hybridized carbons (Fsp3) is 0.312. The molecule has 1 heterocycles. The van der Waals surface area contributed by atoms with Gasteiger partial charge < -0.3 is 9.52 Å². The molecule has 122 valence electrons. The van der Waals surface area contributed by atoms with Crippen molar-refractivity contribution in [3.8, 4) is 0 Å². The Bertz CT molecular complexity index is 855. The van der Waals surface area contributed by atoms with Gasteiger partial charge in [-0.05, 0) is 36.1 Å². The van der Waals surface area contributed by atoms with Gasteiger partial charge in [-0.2, -0.15) is 4.72 Å². The lowest BCUT2D eigenvalue weighted by Gasteiger charge is -2.26. The van der Waals surface area contributed by atoms with Crippen LogP contribution in [0.3, 0.4) is 0 Å². The molecule has 1 aliphatic rings. The van der Waals surface area contributed by atoms with Gasteiger partial charge in [-0.1, -0.05) is 31.2 Å². The van der Waals surface area contributed by atoms with Crippen molar-refractivity contribution in [2.75, 3.05) is 0 Å². The molecule has 3 rings (SSSR count). The van der Waals surface area contributed by atoms with E-state index in [0.29, 0.717) is 24.2 Å². The van der Waals surface area contributed by atoms with Crippen LogP contribution in [0, 0.1) is 0 Å². The molecular formula is C16H17NO5S. The largest absolute Gasteiger partial charge is 0.480 e. The van der Waals surface area contributed by atoms with E-state index >= 15 is 0 Å². The third-order valence-corrected chi connectivity index (χ3v) is 5.54. The molecule has 1 aromatic heterocycles. The minimum absolute atomic E-state index is 0.169. The highest BCUT2D eigenvalue weighted by Gasteiger charge is 2.49. The first-order chi connectivity index (χ1) is 10.9. The summed E-state index contributed by atoms with van der Waals surface area (Å²) in [6.45, 7) is 1.84. The second kappa shape index (κ2) is 5.50. The van der Waals surface area contributed by atoms with Crippen molar-refractivity contribution in [2.45, 2.75) is 36.8 Å². The van der Waals surface area contributed by atoms with Crippen molar-refractivity contribution >= 4 is 16.0 Å². The van der Waals surface area contributed by atoms with Gasteiger partial charge in [-0.3, -0.25) is 0 Å². The summed E-state index contributed by atoms with van der Waals surface area (Å²) in [5.74, 6) is -0.685. The van der Waals surface area contributed by atoms with E-state index in [-0.39, 0.29) is 11.5 Å². The molecule has 2 aromatic rings. The Morgan fingerprint density at radius 1 is 1.30 bits per heavy atom. The number of aliphatic carboxylic acids is 1. The number of benzene rings is 1. The molecule has 0 bridgehead atoms. The Hall–Kier alpha value is -2.12. The summed E-state index contributed by atoms with van der Waals surface area (Å²) in [5, 5.41) is 9.45. The molecule has 0 saturated carbocycles. The van der Waals surface area contributed by atoms with Crippen molar-refractivity contribution in [2.24, 2.45) is 0 Å². The summed E-state index contributed by atoms with van der Waals surface area (Å²) in [7, 11) is -4.08. The SMILES string of the molecule is CCc1ccc(S(=O)(=O)NC2(C(=O)O)CCc3ccccc32)o1. The summed E-state index contributed by atoms with van der Waals surface area (Å²) in [6.07, 6.45) is 1.23. The highest BCUT2D eigenvalue weighted by Crippen LogP contribution is 2.38. The third kappa shape index (κ3) is 2.55. The van der Waals surface area contributed by atoms with Gasteiger partial charge in [0.05, 0.1) is 0 Å².